The summed E-state index contributed by atoms with van der Waals surface area (Å²) >= 11 is 1.83. The molecule has 0 saturated heterocycles. The second-order valence-corrected chi connectivity index (χ2v) is 9.47. The molecule has 0 aliphatic rings. The summed E-state index contributed by atoms with van der Waals surface area (Å²) in [5, 5.41) is 2.30. The van der Waals surface area contributed by atoms with Gasteiger partial charge >= 0.3 is 0 Å². The summed E-state index contributed by atoms with van der Waals surface area (Å²) in [7, 11) is 2.12. The van der Waals surface area contributed by atoms with Gasteiger partial charge in [-0.15, -0.1) is 11.3 Å². The molecule has 0 radical (unpaired) electrons. The summed E-state index contributed by atoms with van der Waals surface area (Å²) in [6, 6.07) is 17.9. The van der Waals surface area contributed by atoms with Crippen molar-refractivity contribution in [2.24, 2.45) is 7.05 Å². The van der Waals surface area contributed by atoms with E-state index in [-0.39, 0.29) is 0 Å². The van der Waals surface area contributed by atoms with Crippen molar-refractivity contribution in [1.29, 1.82) is 0 Å². The smallest absolute Gasteiger partial charge is 0.222 e. The van der Waals surface area contributed by atoms with Crippen LogP contribution in [0.1, 0.15) is 65.2 Å². The van der Waals surface area contributed by atoms with E-state index < -0.39 is 0 Å². The van der Waals surface area contributed by atoms with E-state index in [0.29, 0.717) is 0 Å². The van der Waals surface area contributed by atoms with E-state index in [1.165, 1.54) is 91.8 Å². The molecule has 166 valence electrons. The summed E-state index contributed by atoms with van der Waals surface area (Å²) in [4.78, 5) is 3.94. The lowest BCUT2D eigenvalue weighted by Crippen LogP contribution is -2.29. The fourth-order valence-corrected chi connectivity index (χ4v) is 5.10. The molecule has 0 aliphatic heterocycles. The third-order valence-corrected chi connectivity index (χ3v) is 6.97. The molecule has 0 unspecified atom stereocenters. The Bertz CT molecular complexity index is 903. The van der Waals surface area contributed by atoms with Gasteiger partial charge in [-0.25, -0.2) is 4.57 Å². The zero-order valence-electron chi connectivity index (χ0n) is 19.6. The van der Waals surface area contributed by atoms with Crippen LogP contribution in [0.2, 0.25) is 0 Å². The largest absolute Gasteiger partial charge is 0.372 e. The predicted molar refractivity (Wildman–Crippen MR) is 137 cm³/mol. The maximum atomic E-state index is 2.62. The van der Waals surface area contributed by atoms with Crippen LogP contribution in [0.25, 0.3) is 21.7 Å². The molecule has 2 aromatic heterocycles. The number of aryl methyl sites for hydroxylation is 1. The third-order valence-electron chi connectivity index (χ3n) is 6.01. The average molecular weight is 436 g/mol. The van der Waals surface area contributed by atoms with Gasteiger partial charge in [-0.1, -0.05) is 64.5 Å². The molecule has 0 fully saturated rings. The Labute approximate surface area is 193 Å². The second kappa shape index (κ2) is 12.7. The predicted octanol–water partition coefficient (Wildman–Crippen LogP) is 7.87. The van der Waals surface area contributed by atoms with Gasteiger partial charge in [0.1, 0.15) is 7.05 Å². The van der Waals surface area contributed by atoms with E-state index >= 15 is 0 Å². The van der Waals surface area contributed by atoms with Gasteiger partial charge in [-0.3, -0.25) is 0 Å². The Kier molecular flexibility index (Phi) is 9.61. The number of pyridine rings is 1. The van der Waals surface area contributed by atoms with Crippen molar-refractivity contribution >= 4 is 17.0 Å². The van der Waals surface area contributed by atoms with Gasteiger partial charge < -0.3 is 4.90 Å². The van der Waals surface area contributed by atoms with Gasteiger partial charge in [-0.2, -0.15) is 0 Å². The first-order chi connectivity index (χ1) is 15.2. The molecule has 3 aromatic rings. The van der Waals surface area contributed by atoms with Crippen LogP contribution in [0.5, 0.6) is 0 Å². The quantitative estimate of drug-likeness (QED) is 0.196. The van der Waals surface area contributed by atoms with Crippen molar-refractivity contribution in [3.8, 4) is 21.7 Å². The number of hydrogen-bond donors (Lipinski definition) is 0. The fourth-order valence-electron chi connectivity index (χ4n) is 4.11. The SMILES string of the molecule is CCCCCCN(CCCCCC)c1cccc(-c2csc(-c3cccc[n+]3C)c2)c1. The summed E-state index contributed by atoms with van der Waals surface area (Å²) < 4.78 is 2.19. The first-order valence-electron chi connectivity index (χ1n) is 12.1. The number of nitrogens with zero attached hydrogens (tertiary/aromatic N) is 2. The monoisotopic (exact) mass is 435 g/mol. The van der Waals surface area contributed by atoms with Crippen molar-refractivity contribution in [3.63, 3.8) is 0 Å². The van der Waals surface area contributed by atoms with Crippen LogP contribution in [0, 0.1) is 0 Å². The highest BCUT2D eigenvalue weighted by atomic mass is 32.1. The van der Waals surface area contributed by atoms with Crippen LogP contribution in [0.15, 0.2) is 60.1 Å². The zero-order valence-corrected chi connectivity index (χ0v) is 20.5. The van der Waals surface area contributed by atoms with Crippen molar-refractivity contribution in [1.82, 2.24) is 0 Å². The number of benzene rings is 1. The molecular weight excluding hydrogens is 396 g/mol. The van der Waals surface area contributed by atoms with Crippen molar-refractivity contribution in [3.05, 3.63) is 60.1 Å². The Morgan fingerprint density at radius 3 is 2.19 bits per heavy atom. The molecule has 2 nitrogen and oxygen atoms in total. The summed E-state index contributed by atoms with van der Waals surface area (Å²) in [6.07, 6.45) is 12.7. The number of thiophene rings is 1. The topological polar surface area (TPSA) is 7.12 Å². The van der Waals surface area contributed by atoms with Crippen molar-refractivity contribution in [2.75, 3.05) is 18.0 Å². The third kappa shape index (κ3) is 6.93. The van der Waals surface area contributed by atoms with Gasteiger partial charge in [-0.05, 0) is 53.6 Å². The normalized spacial score (nSPS) is 11.1. The van der Waals surface area contributed by atoms with Crippen LogP contribution >= 0.6 is 11.3 Å². The lowest BCUT2D eigenvalue weighted by atomic mass is 10.1. The van der Waals surface area contributed by atoms with Gasteiger partial charge in [0.25, 0.3) is 0 Å². The molecule has 0 aliphatic carbocycles. The highest BCUT2D eigenvalue weighted by Crippen LogP contribution is 2.33. The summed E-state index contributed by atoms with van der Waals surface area (Å²) in [6.45, 7) is 6.92. The molecule has 0 N–H and O–H groups in total. The van der Waals surface area contributed by atoms with E-state index in [2.05, 4.69) is 90.5 Å². The molecule has 0 amide bonds. The second-order valence-electron chi connectivity index (χ2n) is 8.56. The van der Waals surface area contributed by atoms with Crippen LogP contribution in [0.3, 0.4) is 0 Å². The molecule has 2 heterocycles. The molecule has 0 bridgehead atoms. The molecule has 0 saturated carbocycles. The molecule has 0 atom stereocenters. The van der Waals surface area contributed by atoms with Gasteiger partial charge in [0.15, 0.2) is 6.20 Å². The molecular formula is C28H39N2S+. The van der Waals surface area contributed by atoms with Gasteiger partial charge in [0, 0.05) is 30.9 Å². The van der Waals surface area contributed by atoms with Crippen LogP contribution < -0.4 is 9.47 Å². The Morgan fingerprint density at radius 2 is 1.52 bits per heavy atom. The molecule has 3 rings (SSSR count). The first kappa shape index (κ1) is 23.5. The van der Waals surface area contributed by atoms with E-state index in [1.807, 2.05) is 11.3 Å². The molecule has 1 aromatic carbocycles. The number of rotatable bonds is 13. The van der Waals surface area contributed by atoms with Crippen LogP contribution in [0.4, 0.5) is 5.69 Å². The van der Waals surface area contributed by atoms with E-state index in [1.54, 1.807) is 0 Å². The lowest BCUT2D eigenvalue weighted by molar-refractivity contribution is -0.660. The Hall–Kier alpha value is -2.13. The number of unbranched alkanes of at least 4 members (excludes halogenated alkanes) is 6. The molecule has 3 heteroatoms. The number of aromatic nitrogens is 1. The maximum absolute atomic E-state index is 2.62. The Morgan fingerprint density at radius 1 is 0.774 bits per heavy atom. The summed E-state index contributed by atoms with van der Waals surface area (Å²) in [5.74, 6) is 0. The van der Waals surface area contributed by atoms with Crippen molar-refractivity contribution in [2.45, 2.75) is 65.2 Å². The van der Waals surface area contributed by atoms with Gasteiger partial charge in [0.05, 0.1) is 4.88 Å². The van der Waals surface area contributed by atoms with E-state index in [0.717, 1.165) is 0 Å². The lowest BCUT2D eigenvalue weighted by Gasteiger charge is -2.25. The van der Waals surface area contributed by atoms with Gasteiger partial charge in [0.2, 0.25) is 5.69 Å². The minimum atomic E-state index is 1.17. The van der Waals surface area contributed by atoms with Crippen molar-refractivity contribution < 1.29 is 4.57 Å². The van der Waals surface area contributed by atoms with E-state index in [9.17, 15) is 0 Å². The number of hydrogen-bond acceptors (Lipinski definition) is 2. The summed E-state index contributed by atoms with van der Waals surface area (Å²) in [5.41, 5.74) is 5.29. The standard InChI is InChI=1S/C28H39N2S/c1-4-6-8-11-19-30(20-12-9-7-5-2)26-16-14-15-24(21-26)25-22-28(31-23-25)27-17-10-13-18-29(27)3/h10,13-18,21-23H,4-9,11-12,19-20H2,1-3H3/q+1. The molecule has 0 spiro atoms. The van der Waals surface area contributed by atoms with E-state index in [4.69, 9.17) is 0 Å². The van der Waals surface area contributed by atoms with Crippen LogP contribution in [-0.2, 0) is 7.05 Å². The zero-order chi connectivity index (χ0) is 21.9. The van der Waals surface area contributed by atoms with Crippen LogP contribution in [-0.4, -0.2) is 13.1 Å². The average Bonchev–Trinajstić information content (AvgIpc) is 3.28. The molecule has 31 heavy (non-hydrogen) atoms. The fraction of sp³-hybridized carbons (Fsp3) is 0.464. The first-order valence-corrected chi connectivity index (χ1v) is 13.0. The highest BCUT2D eigenvalue weighted by Gasteiger charge is 2.13. The minimum absolute atomic E-state index is 1.17. The minimum Gasteiger partial charge on any atom is -0.372 e. The Balaban J connectivity index is 1.76. The number of anilines is 1. The highest BCUT2D eigenvalue weighted by molar-refractivity contribution is 7.13. The maximum Gasteiger partial charge on any atom is 0.222 e.